The first-order valence-electron chi connectivity index (χ1n) is 5.80. The number of carbonyl (C=O) groups is 1. The number of hydrogen-bond donors (Lipinski definition) is 1. The van der Waals surface area contributed by atoms with E-state index >= 15 is 0 Å². The molecule has 19 heavy (non-hydrogen) atoms. The Morgan fingerprint density at radius 1 is 1.16 bits per heavy atom. The van der Waals surface area contributed by atoms with E-state index in [9.17, 15) is 4.79 Å². The Balaban J connectivity index is 2.35. The van der Waals surface area contributed by atoms with Crippen LogP contribution in [0.1, 0.15) is 27.3 Å². The first-order chi connectivity index (χ1) is 8.95. The quantitative estimate of drug-likeness (QED) is 0.916. The number of carboxylic acid groups (broad SMARTS) is 1. The second-order valence-electron chi connectivity index (χ2n) is 4.35. The maximum Gasteiger partial charge on any atom is 0.354 e. The number of benzene rings is 1. The van der Waals surface area contributed by atoms with Crippen molar-refractivity contribution in [3.05, 3.63) is 46.8 Å². The van der Waals surface area contributed by atoms with Crippen LogP contribution in [0.2, 0.25) is 0 Å². The molecule has 0 aliphatic heterocycles. The summed E-state index contributed by atoms with van der Waals surface area (Å²) in [6, 6.07) is 7.15. The highest BCUT2D eigenvalue weighted by atomic mass is 16.5. The van der Waals surface area contributed by atoms with Crippen molar-refractivity contribution in [2.45, 2.75) is 20.8 Å². The van der Waals surface area contributed by atoms with Crippen LogP contribution >= 0.6 is 0 Å². The van der Waals surface area contributed by atoms with Crippen LogP contribution in [0.3, 0.4) is 0 Å². The SMILES string of the molecule is Cc1ccc(Oc2nc(C)cc(C(=O)O)n2)c(C)c1. The van der Waals surface area contributed by atoms with Crippen molar-refractivity contribution >= 4 is 5.97 Å². The van der Waals surface area contributed by atoms with E-state index < -0.39 is 5.97 Å². The molecule has 5 heteroatoms. The predicted octanol–water partition coefficient (Wildman–Crippen LogP) is 2.89. The molecule has 1 aromatic heterocycles. The largest absolute Gasteiger partial charge is 0.477 e. The van der Waals surface area contributed by atoms with E-state index in [-0.39, 0.29) is 11.7 Å². The molecule has 0 aliphatic rings. The Bertz CT molecular complexity index is 639. The van der Waals surface area contributed by atoms with Gasteiger partial charge in [0.2, 0.25) is 0 Å². The Kier molecular flexibility index (Phi) is 3.46. The van der Waals surface area contributed by atoms with Crippen molar-refractivity contribution in [2.75, 3.05) is 0 Å². The lowest BCUT2D eigenvalue weighted by molar-refractivity contribution is 0.0689. The van der Waals surface area contributed by atoms with Crippen LogP contribution in [0.25, 0.3) is 0 Å². The zero-order valence-electron chi connectivity index (χ0n) is 11.0. The molecule has 0 unspecified atom stereocenters. The molecule has 0 fully saturated rings. The van der Waals surface area contributed by atoms with Crippen LogP contribution in [0, 0.1) is 20.8 Å². The zero-order valence-corrected chi connectivity index (χ0v) is 11.0. The Labute approximate surface area is 110 Å². The number of rotatable bonds is 3. The fourth-order valence-corrected chi connectivity index (χ4v) is 1.71. The first kappa shape index (κ1) is 13.0. The van der Waals surface area contributed by atoms with E-state index in [1.165, 1.54) is 6.07 Å². The average molecular weight is 258 g/mol. The van der Waals surface area contributed by atoms with Gasteiger partial charge >= 0.3 is 12.0 Å². The van der Waals surface area contributed by atoms with E-state index in [0.717, 1.165) is 11.1 Å². The third-order valence-electron chi connectivity index (χ3n) is 2.58. The lowest BCUT2D eigenvalue weighted by atomic mass is 10.1. The second-order valence-corrected chi connectivity index (χ2v) is 4.35. The maximum atomic E-state index is 10.9. The van der Waals surface area contributed by atoms with Gasteiger partial charge in [-0.3, -0.25) is 0 Å². The molecule has 0 saturated heterocycles. The molecule has 1 heterocycles. The van der Waals surface area contributed by atoms with Gasteiger partial charge in [0.25, 0.3) is 0 Å². The van der Waals surface area contributed by atoms with Gasteiger partial charge in [-0.1, -0.05) is 17.7 Å². The summed E-state index contributed by atoms with van der Waals surface area (Å²) in [4.78, 5) is 18.9. The van der Waals surface area contributed by atoms with E-state index in [1.54, 1.807) is 6.92 Å². The molecule has 1 aromatic carbocycles. The number of aromatic carboxylic acids is 1. The summed E-state index contributed by atoms with van der Waals surface area (Å²) < 4.78 is 5.55. The second kappa shape index (κ2) is 5.06. The number of nitrogens with zero attached hydrogens (tertiary/aromatic N) is 2. The molecule has 0 aliphatic carbocycles. The normalized spacial score (nSPS) is 10.3. The van der Waals surface area contributed by atoms with Crippen LogP contribution in [0.15, 0.2) is 24.3 Å². The van der Waals surface area contributed by atoms with Crippen molar-refractivity contribution < 1.29 is 14.6 Å². The fraction of sp³-hybridized carbons (Fsp3) is 0.214. The number of aryl methyl sites for hydroxylation is 3. The van der Waals surface area contributed by atoms with Crippen molar-refractivity contribution in [1.29, 1.82) is 0 Å². The van der Waals surface area contributed by atoms with Crippen molar-refractivity contribution in [2.24, 2.45) is 0 Å². The molecule has 2 rings (SSSR count). The lowest BCUT2D eigenvalue weighted by Gasteiger charge is -2.08. The molecule has 0 saturated carbocycles. The maximum absolute atomic E-state index is 10.9. The van der Waals surface area contributed by atoms with Crippen LogP contribution in [-0.4, -0.2) is 21.0 Å². The van der Waals surface area contributed by atoms with Gasteiger partial charge < -0.3 is 9.84 Å². The lowest BCUT2D eigenvalue weighted by Crippen LogP contribution is -2.04. The molecular formula is C14H14N2O3. The molecule has 5 nitrogen and oxygen atoms in total. The van der Waals surface area contributed by atoms with Gasteiger partial charge in [-0.2, -0.15) is 4.98 Å². The highest BCUT2D eigenvalue weighted by molar-refractivity contribution is 5.85. The Morgan fingerprint density at radius 3 is 2.53 bits per heavy atom. The van der Waals surface area contributed by atoms with E-state index in [1.807, 2.05) is 32.0 Å². The van der Waals surface area contributed by atoms with Gasteiger partial charge in [-0.15, -0.1) is 0 Å². The zero-order chi connectivity index (χ0) is 14.0. The van der Waals surface area contributed by atoms with Crippen LogP contribution < -0.4 is 4.74 Å². The van der Waals surface area contributed by atoms with Gasteiger partial charge in [0.05, 0.1) is 0 Å². The van der Waals surface area contributed by atoms with Gasteiger partial charge in [-0.05, 0) is 38.5 Å². The monoisotopic (exact) mass is 258 g/mol. The highest BCUT2D eigenvalue weighted by Crippen LogP contribution is 2.23. The molecule has 0 amide bonds. The molecule has 0 atom stereocenters. The minimum absolute atomic E-state index is 0.0457. The Morgan fingerprint density at radius 2 is 1.89 bits per heavy atom. The topological polar surface area (TPSA) is 72.3 Å². The Hall–Kier alpha value is -2.43. The van der Waals surface area contributed by atoms with Crippen LogP contribution in [-0.2, 0) is 0 Å². The molecule has 98 valence electrons. The summed E-state index contributed by atoms with van der Waals surface area (Å²) in [5.74, 6) is -0.483. The van der Waals surface area contributed by atoms with Gasteiger partial charge in [0.15, 0.2) is 5.69 Å². The van der Waals surface area contributed by atoms with Gasteiger partial charge in [-0.25, -0.2) is 9.78 Å². The van der Waals surface area contributed by atoms with Gasteiger partial charge in [0, 0.05) is 5.69 Å². The van der Waals surface area contributed by atoms with Crippen molar-refractivity contribution in [1.82, 2.24) is 9.97 Å². The number of aromatic nitrogens is 2. The van der Waals surface area contributed by atoms with Crippen molar-refractivity contribution in [3.8, 4) is 11.8 Å². The number of ether oxygens (including phenoxy) is 1. The molecule has 2 aromatic rings. The number of hydrogen-bond acceptors (Lipinski definition) is 4. The molecule has 0 bridgehead atoms. The third-order valence-corrected chi connectivity index (χ3v) is 2.58. The third kappa shape index (κ3) is 3.07. The summed E-state index contributed by atoms with van der Waals surface area (Å²) in [6.07, 6.45) is 0. The minimum Gasteiger partial charge on any atom is -0.477 e. The molecular weight excluding hydrogens is 244 g/mol. The smallest absolute Gasteiger partial charge is 0.354 e. The van der Waals surface area contributed by atoms with Gasteiger partial charge in [0.1, 0.15) is 5.75 Å². The van der Waals surface area contributed by atoms with E-state index in [4.69, 9.17) is 9.84 Å². The molecule has 0 spiro atoms. The highest BCUT2D eigenvalue weighted by Gasteiger charge is 2.11. The summed E-state index contributed by atoms with van der Waals surface area (Å²) in [5.41, 5.74) is 2.54. The minimum atomic E-state index is -1.10. The molecule has 0 radical (unpaired) electrons. The molecule has 1 N–H and O–H groups in total. The predicted molar refractivity (Wildman–Crippen MR) is 69.7 cm³/mol. The summed E-state index contributed by atoms with van der Waals surface area (Å²) in [6.45, 7) is 5.60. The summed E-state index contributed by atoms with van der Waals surface area (Å²) >= 11 is 0. The van der Waals surface area contributed by atoms with Crippen molar-refractivity contribution in [3.63, 3.8) is 0 Å². The van der Waals surface area contributed by atoms with Crippen LogP contribution in [0.5, 0.6) is 11.8 Å². The summed E-state index contributed by atoms with van der Waals surface area (Å²) in [7, 11) is 0. The fourth-order valence-electron chi connectivity index (χ4n) is 1.71. The standard InChI is InChI=1S/C14H14N2O3/c1-8-4-5-12(9(2)6-8)19-14-15-10(3)7-11(16-14)13(17)18/h4-7H,1-3H3,(H,17,18). The number of carboxylic acids is 1. The van der Waals surface area contributed by atoms with E-state index in [2.05, 4.69) is 9.97 Å². The summed E-state index contributed by atoms with van der Waals surface area (Å²) in [5, 5.41) is 8.94. The first-order valence-corrected chi connectivity index (χ1v) is 5.80. The average Bonchev–Trinajstić information content (AvgIpc) is 2.32. The van der Waals surface area contributed by atoms with E-state index in [0.29, 0.717) is 11.4 Å². The van der Waals surface area contributed by atoms with Crippen LogP contribution in [0.4, 0.5) is 0 Å².